The number of anilines is 1. The van der Waals surface area contributed by atoms with Gasteiger partial charge in [0.2, 0.25) is 5.91 Å². The van der Waals surface area contributed by atoms with E-state index < -0.39 is 10.8 Å². The van der Waals surface area contributed by atoms with Crippen LogP contribution in [0.3, 0.4) is 0 Å². The number of hydrogen-bond acceptors (Lipinski definition) is 6. The number of aromatic nitrogens is 2. The van der Waals surface area contributed by atoms with Crippen LogP contribution in [0.4, 0.5) is 11.4 Å². The molecular formula is C18H15ClN4O4S. The van der Waals surface area contributed by atoms with E-state index in [0.29, 0.717) is 22.6 Å². The van der Waals surface area contributed by atoms with Gasteiger partial charge in [0, 0.05) is 17.6 Å². The lowest BCUT2D eigenvalue weighted by molar-refractivity contribution is -0.383. The van der Waals surface area contributed by atoms with Crippen molar-refractivity contribution in [1.82, 2.24) is 9.55 Å². The van der Waals surface area contributed by atoms with Crippen LogP contribution in [-0.2, 0) is 11.3 Å². The van der Waals surface area contributed by atoms with Crippen molar-refractivity contribution in [3.05, 3.63) is 68.0 Å². The third kappa shape index (κ3) is 4.15. The zero-order valence-electron chi connectivity index (χ0n) is 14.7. The van der Waals surface area contributed by atoms with Gasteiger partial charge in [-0.2, -0.15) is 0 Å². The number of amides is 1. The first-order chi connectivity index (χ1) is 13.4. The fourth-order valence-electron chi connectivity index (χ4n) is 2.61. The van der Waals surface area contributed by atoms with Gasteiger partial charge in [-0.15, -0.1) is 0 Å². The average Bonchev–Trinajstić information content (AvgIpc) is 2.67. The number of thioether (sulfide) groups is 1. The predicted molar refractivity (Wildman–Crippen MR) is 109 cm³/mol. The zero-order valence-corrected chi connectivity index (χ0v) is 16.3. The van der Waals surface area contributed by atoms with Gasteiger partial charge in [-0.05, 0) is 31.2 Å². The molecule has 2 aromatic carbocycles. The van der Waals surface area contributed by atoms with Crippen molar-refractivity contribution in [3.63, 3.8) is 0 Å². The van der Waals surface area contributed by atoms with Gasteiger partial charge in [0.1, 0.15) is 5.69 Å². The molecule has 144 valence electrons. The number of carbonyl (C=O) groups excluding carboxylic acids is 1. The highest BCUT2D eigenvalue weighted by atomic mass is 35.5. The number of benzene rings is 2. The molecule has 1 N–H and O–H groups in total. The molecule has 0 fully saturated rings. The first-order valence-corrected chi connectivity index (χ1v) is 9.63. The summed E-state index contributed by atoms with van der Waals surface area (Å²) < 4.78 is 1.49. The molecule has 0 unspecified atom stereocenters. The van der Waals surface area contributed by atoms with E-state index in [1.54, 1.807) is 24.3 Å². The number of rotatable bonds is 6. The highest BCUT2D eigenvalue weighted by Gasteiger charge is 2.17. The molecular weight excluding hydrogens is 404 g/mol. The third-order valence-corrected chi connectivity index (χ3v) is 5.12. The minimum Gasteiger partial charge on any atom is -0.320 e. The van der Waals surface area contributed by atoms with Crippen LogP contribution in [0.1, 0.15) is 6.92 Å². The largest absolute Gasteiger partial charge is 0.320 e. The number of halogens is 1. The second kappa shape index (κ2) is 8.41. The molecule has 1 heterocycles. The van der Waals surface area contributed by atoms with Gasteiger partial charge in [0.25, 0.3) is 11.2 Å². The lowest BCUT2D eigenvalue weighted by Crippen LogP contribution is -2.23. The van der Waals surface area contributed by atoms with Gasteiger partial charge < -0.3 is 5.32 Å². The van der Waals surface area contributed by atoms with Gasteiger partial charge >= 0.3 is 0 Å². The Bertz CT molecular complexity index is 1130. The molecule has 0 spiro atoms. The van der Waals surface area contributed by atoms with Gasteiger partial charge in [0.15, 0.2) is 5.16 Å². The molecule has 0 saturated heterocycles. The summed E-state index contributed by atoms with van der Waals surface area (Å²) in [7, 11) is 0. The Labute approximate surface area is 168 Å². The number of carbonyl (C=O) groups is 1. The Morgan fingerprint density at radius 2 is 2.07 bits per heavy atom. The number of nitro benzene ring substituents is 1. The summed E-state index contributed by atoms with van der Waals surface area (Å²) in [5.41, 5.74) is 0.136. The molecule has 0 bridgehead atoms. The maximum absolute atomic E-state index is 12.6. The Morgan fingerprint density at radius 1 is 1.32 bits per heavy atom. The third-order valence-electron chi connectivity index (χ3n) is 3.91. The van der Waals surface area contributed by atoms with E-state index in [-0.39, 0.29) is 27.7 Å². The topological polar surface area (TPSA) is 107 Å². The van der Waals surface area contributed by atoms with Crippen molar-refractivity contribution < 1.29 is 9.72 Å². The van der Waals surface area contributed by atoms with E-state index >= 15 is 0 Å². The minimum atomic E-state index is -0.617. The van der Waals surface area contributed by atoms with Crippen LogP contribution in [0, 0.1) is 10.1 Å². The smallest absolute Gasteiger partial charge is 0.294 e. The highest BCUT2D eigenvalue weighted by molar-refractivity contribution is 7.99. The molecule has 0 aliphatic rings. The Balaban J connectivity index is 1.80. The number of fused-ring (bicyclic) bond motifs is 1. The molecule has 3 aromatic rings. The molecule has 1 amide bonds. The lowest BCUT2D eigenvalue weighted by Gasteiger charge is -2.11. The van der Waals surface area contributed by atoms with Crippen molar-refractivity contribution >= 4 is 51.5 Å². The fraction of sp³-hybridized carbons (Fsp3) is 0.167. The first-order valence-electron chi connectivity index (χ1n) is 8.27. The summed E-state index contributed by atoms with van der Waals surface area (Å²) in [6.45, 7) is 2.22. The van der Waals surface area contributed by atoms with Crippen molar-refractivity contribution in [2.75, 3.05) is 11.1 Å². The molecule has 0 saturated carbocycles. The van der Waals surface area contributed by atoms with Crippen molar-refractivity contribution in [3.8, 4) is 0 Å². The van der Waals surface area contributed by atoms with Crippen LogP contribution >= 0.6 is 23.4 Å². The van der Waals surface area contributed by atoms with Crippen LogP contribution in [0.15, 0.2) is 52.4 Å². The van der Waals surface area contributed by atoms with Crippen molar-refractivity contribution in [1.29, 1.82) is 0 Å². The molecule has 8 nitrogen and oxygen atoms in total. The summed E-state index contributed by atoms with van der Waals surface area (Å²) in [4.78, 5) is 39.8. The highest BCUT2D eigenvalue weighted by Crippen LogP contribution is 2.28. The minimum absolute atomic E-state index is 0.0550. The van der Waals surface area contributed by atoms with E-state index in [1.807, 2.05) is 6.92 Å². The molecule has 0 aliphatic heterocycles. The fourth-order valence-corrected chi connectivity index (χ4v) is 3.64. The maximum atomic E-state index is 12.6. The first kappa shape index (κ1) is 19.8. The summed E-state index contributed by atoms with van der Waals surface area (Å²) in [6.07, 6.45) is 0. The Hall–Kier alpha value is -2.91. The summed E-state index contributed by atoms with van der Waals surface area (Å²) >= 11 is 6.86. The van der Waals surface area contributed by atoms with Crippen molar-refractivity contribution in [2.24, 2.45) is 0 Å². The lowest BCUT2D eigenvalue weighted by atomic mass is 10.2. The number of hydrogen-bond donors (Lipinski definition) is 1. The van der Waals surface area contributed by atoms with Gasteiger partial charge in [-0.25, -0.2) is 4.98 Å². The number of nitrogens with one attached hydrogen (secondary N) is 1. The molecule has 10 heteroatoms. The molecule has 3 rings (SSSR count). The average molecular weight is 419 g/mol. The van der Waals surface area contributed by atoms with Crippen LogP contribution in [0.2, 0.25) is 5.02 Å². The maximum Gasteiger partial charge on any atom is 0.294 e. The molecule has 0 aliphatic carbocycles. The zero-order chi connectivity index (χ0) is 20.3. The van der Waals surface area contributed by atoms with Crippen LogP contribution in [0.25, 0.3) is 10.9 Å². The summed E-state index contributed by atoms with van der Waals surface area (Å²) in [6, 6.07) is 11.0. The van der Waals surface area contributed by atoms with Crippen LogP contribution < -0.4 is 10.9 Å². The summed E-state index contributed by atoms with van der Waals surface area (Å²) in [5.74, 6) is -0.523. The Kier molecular flexibility index (Phi) is 5.96. The van der Waals surface area contributed by atoms with E-state index in [4.69, 9.17) is 11.6 Å². The quantitative estimate of drug-likeness (QED) is 0.283. The number of nitro groups is 1. The predicted octanol–water partition coefficient (Wildman–Crippen LogP) is 3.71. The van der Waals surface area contributed by atoms with E-state index in [0.717, 1.165) is 11.8 Å². The standard InChI is InChI=1S/C18H15ClN4O4S/c1-2-22-17(25)12-5-3-4-6-13(12)21-18(22)28-10-16(24)20-14-8-7-11(19)9-15(14)23(26)27/h3-9H,2,10H2,1H3,(H,20,24). The monoisotopic (exact) mass is 418 g/mol. The van der Waals surface area contributed by atoms with Crippen LogP contribution in [-0.4, -0.2) is 26.1 Å². The Morgan fingerprint density at radius 3 is 2.79 bits per heavy atom. The molecule has 1 aromatic heterocycles. The van der Waals surface area contributed by atoms with Gasteiger partial charge in [-0.1, -0.05) is 35.5 Å². The summed E-state index contributed by atoms with van der Waals surface area (Å²) in [5, 5.41) is 14.7. The van der Waals surface area contributed by atoms with E-state index in [2.05, 4.69) is 10.3 Å². The van der Waals surface area contributed by atoms with Gasteiger partial charge in [0.05, 0.1) is 21.6 Å². The SMILES string of the molecule is CCn1c(SCC(=O)Nc2ccc(Cl)cc2[N+](=O)[O-])nc2ccccc2c1=O. The van der Waals surface area contributed by atoms with E-state index in [1.165, 1.54) is 22.8 Å². The van der Waals surface area contributed by atoms with E-state index in [9.17, 15) is 19.7 Å². The second-order valence-corrected chi connectivity index (χ2v) is 7.10. The number of nitrogens with zero attached hydrogens (tertiary/aromatic N) is 3. The van der Waals surface area contributed by atoms with Gasteiger partial charge in [-0.3, -0.25) is 24.3 Å². The normalized spacial score (nSPS) is 10.8. The molecule has 28 heavy (non-hydrogen) atoms. The second-order valence-electron chi connectivity index (χ2n) is 5.72. The molecule has 0 radical (unpaired) electrons. The number of para-hydroxylation sites is 1. The van der Waals surface area contributed by atoms with Crippen molar-refractivity contribution in [2.45, 2.75) is 18.6 Å². The molecule has 0 atom stereocenters. The van der Waals surface area contributed by atoms with Crippen LogP contribution in [0.5, 0.6) is 0 Å².